The fourth-order valence-electron chi connectivity index (χ4n) is 3.09. The fourth-order valence-corrected chi connectivity index (χ4v) is 3.09. The first kappa shape index (κ1) is 13.4. The molecule has 0 spiro atoms. The van der Waals surface area contributed by atoms with Gasteiger partial charge in [-0.15, -0.1) is 0 Å². The third kappa shape index (κ3) is 2.80. The van der Waals surface area contributed by atoms with E-state index in [4.69, 9.17) is 4.74 Å². The summed E-state index contributed by atoms with van der Waals surface area (Å²) in [6, 6.07) is 6.22. The highest BCUT2D eigenvalue weighted by Gasteiger charge is 2.23. The third-order valence-electron chi connectivity index (χ3n) is 4.14. The maximum Gasteiger partial charge on any atom is 0.253 e. The van der Waals surface area contributed by atoms with E-state index in [2.05, 4.69) is 23.6 Å². The summed E-state index contributed by atoms with van der Waals surface area (Å²) < 4.78 is 5.52. The molecule has 1 amide bonds. The largest absolute Gasteiger partial charge is 0.384 e. The van der Waals surface area contributed by atoms with Gasteiger partial charge in [0.15, 0.2) is 0 Å². The molecule has 2 aliphatic rings. The van der Waals surface area contributed by atoms with Crippen LogP contribution in [0.15, 0.2) is 18.2 Å². The van der Waals surface area contributed by atoms with Gasteiger partial charge in [-0.05, 0) is 44.2 Å². The number of benzene rings is 1. The van der Waals surface area contributed by atoms with E-state index >= 15 is 0 Å². The lowest BCUT2D eigenvalue weighted by Gasteiger charge is -2.28. The number of anilines is 1. The Kier molecular flexibility index (Phi) is 3.92. The summed E-state index contributed by atoms with van der Waals surface area (Å²) in [5.41, 5.74) is 3.06. The number of para-hydroxylation sites is 1. The smallest absolute Gasteiger partial charge is 0.253 e. The molecule has 2 aliphatic heterocycles. The van der Waals surface area contributed by atoms with Crippen molar-refractivity contribution in [2.45, 2.75) is 44.8 Å². The van der Waals surface area contributed by atoms with Crippen molar-refractivity contribution in [2.24, 2.45) is 0 Å². The van der Waals surface area contributed by atoms with E-state index in [9.17, 15) is 4.79 Å². The number of hydrogen-bond donors (Lipinski definition) is 2. The van der Waals surface area contributed by atoms with Crippen LogP contribution in [0.3, 0.4) is 0 Å². The second-order valence-corrected chi connectivity index (χ2v) is 5.75. The van der Waals surface area contributed by atoms with Gasteiger partial charge in [0.1, 0.15) is 0 Å². The third-order valence-corrected chi connectivity index (χ3v) is 4.14. The number of rotatable bonds is 2. The van der Waals surface area contributed by atoms with Crippen molar-refractivity contribution < 1.29 is 9.53 Å². The quantitative estimate of drug-likeness (QED) is 0.870. The molecule has 4 nitrogen and oxygen atoms in total. The molecule has 0 radical (unpaired) electrons. The number of hydrogen-bond acceptors (Lipinski definition) is 3. The van der Waals surface area contributed by atoms with E-state index in [0.717, 1.165) is 50.1 Å². The second kappa shape index (κ2) is 5.83. The predicted molar refractivity (Wildman–Crippen MR) is 79.2 cm³/mol. The molecule has 1 aromatic rings. The van der Waals surface area contributed by atoms with Crippen LogP contribution in [0.1, 0.15) is 42.1 Å². The Morgan fingerprint density at radius 3 is 3.20 bits per heavy atom. The highest BCUT2D eigenvalue weighted by atomic mass is 16.5. The minimum atomic E-state index is 0.0374. The first-order valence-electron chi connectivity index (χ1n) is 7.52. The van der Waals surface area contributed by atoms with Gasteiger partial charge >= 0.3 is 0 Å². The molecule has 0 saturated carbocycles. The minimum Gasteiger partial charge on any atom is -0.384 e. The molecular weight excluding hydrogens is 252 g/mol. The van der Waals surface area contributed by atoms with Gasteiger partial charge in [-0.3, -0.25) is 4.79 Å². The Balaban J connectivity index is 1.74. The molecule has 4 heteroatoms. The molecule has 0 aromatic heterocycles. The van der Waals surface area contributed by atoms with Crippen LogP contribution >= 0.6 is 0 Å². The topological polar surface area (TPSA) is 50.4 Å². The van der Waals surface area contributed by atoms with Crippen LogP contribution in [-0.4, -0.2) is 31.2 Å². The van der Waals surface area contributed by atoms with E-state index in [1.54, 1.807) is 0 Å². The lowest BCUT2D eigenvalue weighted by Crippen LogP contribution is -2.41. The Morgan fingerprint density at radius 1 is 1.45 bits per heavy atom. The maximum atomic E-state index is 12.5. The first-order valence-corrected chi connectivity index (χ1v) is 7.52. The lowest BCUT2D eigenvalue weighted by atomic mass is 9.98. The lowest BCUT2D eigenvalue weighted by molar-refractivity contribution is 0.0137. The SMILES string of the molecule is CC1CC(NC(=O)c2cccc3c2NCCC3)CCO1. The molecule has 0 bridgehead atoms. The Morgan fingerprint density at radius 2 is 2.35 bits per heavy atom. The Bertz CT molecular complexity index is 501. The van der Waals surface area contributed by atoms with Crippen LogP contribution in [0, 0.1) is 0 Å². The van der Waals surface area contributed by atoms with E-state index in [1.165, 1.54) is 5.56 Å². The molecule has 1 aromatic carbocycles. The van der Waals surface area contributed by atoms with Crippen molar-refractivity contribution in [3.8, 4) is 0 Å². The van der Waals surface area contributed by atoms with Crippen LogP contribution in [0.2, 0.25) is 0 Å². The standard InChI is InChI=1S/C16H22N2O2/c1-11-10-13(7-9-20-11)18-16(19)14-6-2-4-12-5-3-8-17-15(12)14/h2,4,6,11,13,17H,3,5,7-10H2,1H3,(H,18,19). The number of carbonyl (C=O) groups excluding carboxylic acids is 1. The molecule has 3 rings (SSSR count). The average Bonchev–Trinajstić information content (AvgIpc) is 2.46. The number of carbonyl (C=O) groups is 1. The molecule has 2 N–H and O–H groups in total. The summed E-state index contributed by atoms with van der Waals surface area (Å²) in [5, 5.41) is 6.53. The average molecular weight is 274 g/mol. The zero-order valence-electron chi connectivity index (χ0n) is 11.9. The number of fused-ring (bicyclic) bond motifs is 1. The van der Waals surface area contributed by atoms with Crippen molar-refractivity contribution in [1.82, 2.24) is 5.32 Å². The van der Waals surface area contributed by atoms with Gasteiger partial charge in [0.05, 0.1) is 17.4 Å². The summed E-state index contributed by atoms with van der Waals surface area (Å²) in [5.74, 6) is 0.0374. The highest BCUT2D eigenvalue weighted by Crippen LogP contribution is 2.26. The molecule has 1 saturated heterocycles. The van der Waals surface area contributed by atoms with E-state index in [1.807, 2.05) is 12.1 Å². The van der Waals surface area contributed by atoms with Gasteiger partial charge in [-0.2, -0.15) is 0 Å². The summed E-state index contributed by atoms with van der Waals surface area (Å²) in [7, 11) is 0. The van der Waals surface area contributed by atoms with Gasteiger partial charge in [0.2, 0.25) is 0 Å². The fraction of sp³-hybridized carbons (Fsp3) is 0.562. The zero-order valence-corrected chi connectivity index (χ0v) is 11.9. The Hall–Kier alpha value is -1.55. The second-order valence-electron chi connectivity index (χ2n) is 5.75. The highest BCUT2D eigenvalue weighted by molar-refractivity contribution is 6.00. The molecular formula is C16H22N2O2. The first-order chi connectivity index (χ1) is 9.74. The predicted octanol–water partition coefficient (Wildman–Crippen LogP) is 2.34. The van der Waals surface area contributed by atoms with Gasteiger partial charge in [0, 0.05) is 19.2 Å². The summed E-state index contributed by atoms with van der Waals surface area (Å²) in [6.07, 6.45) is 4.22. The molecule has 2 unspecified atom stereocenters. The van der Waals surface area contributed by atoms with Crippen molar-refractivity contribution in [1.29, 1.82) is 0 Å². The van der Waals surface area contributed by atoms with E-state index < -0.39 is 0 Å². The van der Waals surface area contributed by atoms with Gasteiger partial charge < -0.3 is 15.4 Å². The number of amides is 1. The van der Waals surface area contributed by atoms with Gasteiger partial charge in [-0.25, -0.2) is 0 Å². The monoisotopic (exact) mass is 274 g/mol. The van der Waals surface area contributed by atoms with Crippen molar-refractivity contribution in [3.63, 3.8) is 0 Å². The molecule has 2 atom stereocenters. The number of aryl methyl sites for hydroxylation is 1. The van der Waals surface area contributed by atoms with Crippen molar-refractivity contribution >= 4 is 11.6 Å². The number of ether oxygens (including phenoxy) is 1. The van der Waals surface area contributed by atoms with Crippen molar-refractivity contribution in [3.05, 3.63) is 29.3 Å². The normalized spacial score (nSPS) is 25.4. The zero-order chi connectivity index (χ0) is 13.9. The van der Waals surface area contributed by atoms with E-state index in [0.29, 0.717) is 0 Å². The molecule has 0 aliphatic carbocycles. The van der Waals surface area contributed by atoms with Crippen LogP contribution in [-0.2, 0) is 11.2 Å². The maximum absolute atomic E-state index is 12.5. The number of nitrogens with one attached hydrogen (secondary N) is 2. The van der Waals surface area contributed by atoms with Gasteiger partial charge in [0.25, 0.3) is 5.91 Å². The van der Waals surface area contributed by atoms with Gasteiger partial charge in [-0.1, -0.05) is 12.1 Å². The molecule has 2 heterocycles. The van der Waals surface area contributed by atoms with Crippen molar-refractivity contribution in [2.75, 3.05) is 18.5 Å². The van der Waals surface area contributed by atoms with Crippen LogP contribution in [0.25, 0.3) is 0 Å². The summed E-state index contributed by atoms with van der Waals surface area (Å²) in [4.78, 5) is 12.5. The molecule has 108 valence electrons. The Labute approximate surface area is 119 Å². The summed E-state index contributed by atoms with van der Waals surface area (Å²) in [6.45, 7) is 3.74. The summed E-state index contributed by atoms with van der Waals surface area (Å²) >= 11 is 0. The van der Waals surface area contributed by atoms with Crippen LogP contribution in [0.4, 0.5) is 5.69 Å². The van der Waals surface area contributed by atoms with Crippen LogP contribution in [0.5, 0.6) is 0 Å². The minimum absolute atomic E-state index is 0.0374. The molecule has 20 heavy (non-hydrogen) atoms. The molecule has 1 fully saturated rings. The van der Waals surface area contributed by atoms with Crippen LogP contribution < -0.4 is 10.6 Å². The van der Waals surface area contributed by atoms with E-state index in [-0.39, 0.29) is 18.1 Å².